The lowest BCUT2D eigenvalue weighted by Crippen LogP contribution is -1.97. The topological polar surface area (TPSA) is 82.2 Å². The quantitative estimate of drug-likeness (QED) is 0.670. The summed E-state index contributed by atoms with van der Waals surface area (Å²) in [5.74, 6) is 0.224. The number of nitrogens with one attached hydrogen (secondary N) is 1. The fourth-order valence-electron chi connectivity index (χ4n) is 1.96. The monoisotopic (exact) mass is 276 g/mol. The van der Waals surface area contributed by atoms with Crippen LogP contribution in [0.2, 0.25) is 0 Å². The fourth-order valence-corrected chi connectivity index (χ4v) is 1.96. The Bertz CT molecular complexity index is 637. The van der Waals surface area contributed by atoms with Crippen molar-refractivity contribution in [2.75, 3.05) is 12.4 Å². The first-order valence-electron chi connectivity index (χ1n) is 6.17. The molecule has 7 nitrogen and oxygen atoms in total. The van der Waals surface area contributed by atoms with Crippen molar-refractivity contribution in [3.8, 4) is 5.75 Å². The summed E-state index contributed by atoms with van der Waals surface area (Å²) in [6, 6.07) is 4.67. The van der Waals surface area contributed by atoms with E-state index in [4.69, 9.17) is 4.74 Å². The van der Waals surface area contributed by atoms with Crippen molar-refractivity contribution < 1.29 is 9.66 Å². The number of hydrogen-bond donors (Lipinski definition) is 1. The van der Waals surface area contributed by atoms with Gasteiger partial charge in [0.2, 0.25) is 0 Å². The number of nitro benzene ring substituents is 1. The summed E-state index contributed by atoms with van der Waals surface area (Å²) in [7, 11) is 3.26. The minimum absolute atomic E-state index is 0.0556. The van der Waals surface area contributed by atoms with Crippen LogP contribution in [-0.2, 0) is 13.5 Å². The van der Waals surface area contributed by atoms with Crippen LogP contribution in [-0.4, -0.2) is 21.8 Å². The number of nitro groups is 1. The second-order valence-electron chi connectivity index (χ2n) is 4.29. The average Bonchev–Trinajstić information content (AvgIpc) is 2.78. The lowest BCUT2D eigenvalue weighted by Gasteiger charge is -2.08. The summed E-state index contributed by atoms with van der Waals surface area (Å²) in [5.41, 5.74) is 2.48. The molecule has 1 N–H and O–H groups in total. The summed E-state index contributed by atoms with van der Waals surface area (Å²) < 4.78 is 6.77. The lowest BCUT2D eigenvalue weighted by atomic mass is 10.2. The van der Waals surface area contributed by atoms with E-state index < -0.39 is 4.92 Å². The normalized spacial score (nSPS) is 10.3. The van der Waals surface area contributed by atoms with Crippen molar-refractivity contribution in [3.63, 3.8) is 0 Å². The number of ether oxygens (including phenoxy) is 1. The highest BCUT2D eigenvalue weighted by Crippen LogP contribution is 2.31. The molecule has 0 unspecified atom stereocenters. The number of aromatic nitrogens is 2. The van der Waals surface area contributed by atoms with Gasteiger partial charge < -0.3 is 10.1 Å². The van der Waals surface area contributed by atoms with E-state index >= 15 is 0 Å². The molecule has 0 saturated carbocycles. The molecule has 2 rings (SSSR count). The molecule has 0 spiro atoms. The second-order valence-corrected chi connectivity index (χ2v) is 4.29. The minimum atomic E-state index is -0.468. The Morgan fingerprint density at radius 3 is 2.85 bits per heavy atom. The minimum Gasteiger partial charge on any atom is -0.490 e. The van der Waals surface area contributed by atoms with Crippen LogP contribution in [0.25, 0.3) is 0 Å². The summed E-state index contributed by atoms with van der Waals surface area (Å²) in [6.07, 6.45) is 2.67. The molecule has 0 bridgehead atoms. The second kappa shape index (κ2) is 5.60. The number of hydrogen-bond acceptors (Lipinski definition) is 5. The summed E-state index contributed by atoms with van der Waals surface area (Å²) in [4.78, 5) is 10.4. The van der Waals surface area contributed by atoms with Crippen molar-refractivity contribution >= 4 is 17.1 Å². The zero-order valence-corrected chi connectivity index (χ0v) is 11.6. The van der Waals surface area contributed by atoms with E-state index in [-0.39, 0.29) is 11.4 Å². The average molecular weight is 276 g/mol. The smallest absolute Gasteiger partial charge is 0.311 e. The Balaban J connectivity index is 2.32. The number of anilines is 2. The molecule has 1 aromatic heterocycles. The van der Waals surface area contributed by atoms with Gasteiger partial charge in [-0.2, -0.15) is 5.10 Å². The van der Waals surface area contributed by atoms with Gasteiger partial charge >= 0.3 is 5.69 Å². The van der Waals surface area contributed by atoms with Crippen LogP contribution in [0.5, 0.6) is 5.75 Å². The molecular formula is C13H16N4O3. The molecule has 20 heavy (non-hydrogen) atoms. The van der Waals surface area contributed by atoms with Crippen molar-refractivity contribution in [2.24, 2.45) is 7.05 Å². The highest BCUT2D eigenvalue weighted by Gasteiger charge is 2.15. The van der Waals surface area contributed by atoms with Gasteiger partial charge in [-0.15, -0.1) is 0 Å². The van der Waals surface area contributed by atoms with Crippen LogP contribution in [0.15, 0.2) is 24.4 Å². The largest absolute Gasteiger partial charge is 0.490 e. The lowest BCUT2D eigenvalue weighted by molar-refractivity contribution is -0.385. The first-order valence-corrected chi connectivity index (χ1v) is 6.17. The van der Waals surface area contributed by atoms with Crippen LogP contribution in [0.3, 0.4) is 0 Å². The van der Waals surface area contributed by atoms with Crippen molar-refractivity contribution in [2.45, 2.75) is 13.3 Å². The van der Waals surface area contributed by atoms with Crippen LogP contribution in [0, 0.1) is 10.1 Å². The number of rotatable bonds is 5. The molecule has 1 heterocycles. The molecule has 0 aliphatic heterocycles. The van der Waals surface area contributed by atoms with E-state index in [0.29, 0.717) is 0 Å². The van der Waals surface area contributed by atoms with Crippen LogP contribution < -0.4 is 10.1 Å². The molecule has 7 heteroatoms. The van der Waals surface area contributed by atoms with E-state index in [9.17, 15) is 10.1 Å². The van der Waals surface area contributed by atoms with Gasteiger partial charge in [0.05, 0.1) is 23.4 Å². The van der Waals surface area contributed by atoms with Gasteiger partial charge in [-0.3, -0.25) is 14.8 Å². The van der Waals surface area contributed by atoms with E-state index in [1.807, 2.05) is 20.2 Å². The van der Waals surface area contributed by atoms with Crippen molar-refractivity contribution in [3.05, 3.63) is 40.2 Å². The Hall–Kier alpha value is -2.57. The first-order chi connectivity index (χ1) is 9.55. The Kier molecular flexibility index (Phi) is 3.88. The third kappa shape index (κ3) is 2.71. The summed E-state index contributed by atoms with van der Waals surface area (Å²) in [5, 5.41) is 18.4. The third-order valence-electron chi connectivity index (χ3n) is 2.90. The third-order valence-corrected chi connectivity index (χ3v) is 2.90. The maximum atomic E-state index is 10.8. The van der Waals surface area contributed by atoms with Gasteiger partial charge in [0.15, 0.2) is 5.75 Å². The van der Waals surface area contributed by atoms with Crippen LogP contribution in [0.4, 0.5) is 17.1 Å². The number of nitrogens with zero attached hydrogens (tertiary/aromatic N) is 3. The predicted octanol–water partition coefficient (Wildman–Crippen LogP) is 2.64. The Morgan fingerprint density at radius 2 is 2.25 bits per heavy atom. The Morgan fingerprint density at radius 1 is 1.50 bits per heavy atom. The highest BCUT2D eigenvalue weighted by atomic mass is 16.6. The van der Waals surface area contributed by atoms with E-state index in [1.165, 1.54) is 13.2 Å². The predicted molar refractivity (Wildman–Crippen MR) is 75.5 cm³/mol. The van der Waals surface area contributed by atoms with Gasteiger partial charge in [0.1, 0.15) is 0 Å². The van der Waals surface area contributed by atoms with E-state index in [1.54, 1.807) is 16.8 Å². The molecular weight excluding hydrogens is 260 g/mol. The van der Waals surface area contributed by atoms with Gasteiger partial charge in [-0.05, 0) is 12.5 Å². The molecule has 2 aromatic rings. The standard InChI is InChI=1S/C13H16N4O3/c1-4-10-11(8-16(2)15-10)14-9-5-6-12(17(18)19)13(7-9)20-3/h5-8,14H,4H2,1-3H3. The number of aryl methyl sites for hydroxylation is 2. The van der Waals surface area contributed by atoms with Crippen LogP contribution >= 0.6 is 0 Å². The molecule has 0 aliphatic rings. The molecule has 0 amide bonds. The first kappa shape index (κ1) is 13.9. The molecule has 0 fully saturated rings. The Labute approximate surface area is 116 Å². The maximum absolute atomic E-state index is 10.8. The highest BCUT2D eigenvalue weighted by molar-refractivity contribution is 5.66. The fraction of sp³-hybridized carbons (Fsp3) is 0.308. The molecule has 0 radical (unpaired) electrons. The van der Waals surface area contributed by atoms with E-state index in [2.05, 4.69) is 10.4 Å². The van der Waals surface area contributed by atoms with Crippen molar-refractivity contribution in [1.82, 2.24) is 9.78 Å². The number of methoxy groups -OCH3 is 1. The molecule has 106 valence electrons. The molecule has 0 aliphatic carbocycles. The zero-order valence-electron chi connectivity index (χ0n) is 11.6. The summed E-state index contributed by atoms with van der Waals surface area (Å²) in [6.45, 7) is 2.02. The number of benzene rings is 1. The van der Waals surface area contributed by atoms with Gasteiger partial charge in [0.25, 0.3) is 0 Å². The summed E-state index contributed by atoms with van der Waals surface area (Å²) >= 11 is 0. The zero-order chi connectivity index (χ0) is 14.7. The van der Waals surface area contributed by atoms with Gasteiger partial charge in [0, 0.05) is 31.1 Å². The molecule has 0 atom stereocenters. The van der Waals surface area contributed by atoms with Crippen LogP contribution in [0.1, 0.15) is 12.6 Å². The molecule has 0 saturated heterocycles. The maximum Gasteiger partial charge on any atom is 0.311 e. The van der Waals surface area contributed by atoms with Gasteiger partial charge in [-0.1, -0.05) is 6.92 Å². The molecule has 1 aromatic carbocycles. The SMILES string of the molecule is CCc1nn(C)cc1Nc1ccc([N+](=O)[O-])c(OC)c1. The van der Waals surface area contributed by atoms with E-state index in [0.717, 1.165) is 23.5 Å². The van der Waals surface area contributed by atoms with Crippen molar-refractivity contribution in [1.29, 1.82) is 0 Å². The van der Waals surface area contributed by atoms with Gasteiger partial charge in [-0.25, -0.2) is 0 Å².